The number of hydrogen-bond acceptors (Lipinski definition) is 6. The van der Waals surface area contributed by atoms with Crippen molar-refractivity contribution in [2.24, 2.45) is 0 Å². The summed E-state index contributed by atoms with van der Waals surface area (Å²) in [4.78, 5) is 18.6. The second-order valence-corrected chi connectivity index (χ2v) is 4.11. The molecule has 0 bridgehead atoms. The van der Waals surface area contributed by atoms with Crippen molar-refractivity contribution in [2.75, 3.05) is 24.7 Å². The van der Waals surface area contributed by atoms with Gasteiger partial charge >= 0.3 is 0 Å². The lowest BCUT2D eigenvalue weighted by atomic mass is 10.3. The Morgan fingerprint density at radius 1 is 1.28 bits per heavy atom. The van der Waals surface area contributed by atoms with Crippen molar-refractivity contribution >= 4 is 11.9 Å². The molecule has 96 valence electrons. The normalized spacial score (nSPS) is 10.6. The fourth-order valence-electron chi connectivity index (χ4n) is 1.64. The number of nitrogens with two attached hydrogens (primary N) is 1. The molecule has 2 rings (SSSR count). The van der Waals surface area contributed by atoms with Gasteiger partial charge in [0.25, 0.3) is 0 Å². The molecule has 0 aliphatic rings. The maximum absolute atomic E-state index is 5.68. The van der Waals surface area contributed by atoms with E-state index in [2.05, 4.69) is 31.4 Å². The highest BCUT2D eigenvalue weighted by Gasteiger charge is 2.09. The summed E-state index contributed by atoms with van der Waals surface area (Å²) in [5.41, 5.74) is 5.68. The zero-order chi connectivity index (χ0) is 13.1. The summed E-state index contributed by atoms with van der Waals surface area (Å²) in [7, 11) is 3.73. The molecule has 7 heteroatoms. The summed E-state index contributed by atoms with van der Waals surface area (Å²) >= 11 is 0. The highest BCUT2D eigenvalue weighted by Crippen LogP contribution is 2.09. The van der Waals surface area contributed by atoms with E-state index in [1.165, 1.54) is 0 Å². The molecule has 0 saturated carbocycles. The Hall–Kier alpha value is -2.18. The van der Waals surface area contributed by atoms with Crippen molar-refractivity contribution in [1.82, 2.24) is 24.5 Å². The molecular formula is C11H17N7. The quantitative estimate of drug-likeness (QED) is 0.837. The van der Waals surface area contributed by atoms with E-state index in [0.717, 1.165) is 12.4 Å². The lowest BCUT2D eigenvalue weighted by molar-refractivity contribution is 0.701. The minimum absolute atomic E-state index is 0.235. The fourth-order valence-corrected chi connectivity index (χ4v) is 1.64. The first-order valence-electron chi connectivity index (χ1n) is 5.78. The van der Waals surface area contributed by atoms with Crippen molar-refractivity contribution in [2.45, 2.75) is 19.9 Å². The van der Waals surface area contributed by atoms with Crippen molar-refractivity contribution in [3.05, 3.63) is 24.0 Å². The lowest BCUT2D eigenvalue weighted by Crippen LogP contribution is -2.16. The van der Waals surface area contributed by atoms with Crippen LogP contribution in [0, 0.1) is 0 Å². The molecule has 2 aromatic heterocycles. The van der Waals surface area contributed by atoms with E-state index in [1.54, 1.807) is 11.1 Å². The van der Waals surface area contributed by atoms with Crippen LogP contribution in [0.5, 0.6) is 0 Å². The molecule has 2 N–H and O–H groups in total. The topological polar surface area (TPSA) is 85.8 Å². The smallest absolute Gasteiger partial charge is 0.229 e. The van der Waals surface area contributed by atoms with Crippen LogP contribution in [0.4, 0.5) is 11.9 Å². The molecule has 0 spiro atoms. The van der Waals surface area contributed by atoms with E-state index in [9.17, 15) is 0 Å². The number of anilines is 2. The van der Waals surface area contributed by atoms with Crippen molar-refractivity contribution in [1.29, 1.82) is 0 Å². The predicted octanol–water partition coefficient (Wildman–Crippen LogP) is 0.327. The van der Waals surface area contributed by atoms with Crippen LogP contribution in [0.25, 0.3) is 0 Å². The third kappa shape index (κ3) is 2.55. The van der Waals surface area contributed by atoms with Crippen LogP contribution >= 0.6 is 0 Å². The van der Waals surface area contributed by atoms with Gasteiger partial charge < -0.3 is 15.2 Å². The molecule has 0 fully saturated rings. The van der Waals surface area contributed by atoms with E-state index < -0.39 is 0 Å². The van der Waals surface area contributed by atoms with E-state index in [-0.39, 0.29) is 5.95 Å². The third-order valence-electron chi connectivity index (χ3n) is 2.55. The SMILES string of the molecule is CCn1ccnc1Cc1nc(N)nc(N(C)C)n1. The van der Waals surface area contributed by atoms with Crippen LogP contribution in [0.2, 0.25) is 0 Å². The van der Waals surface area contributed by atoms with Crippen LogP contribution in [-0.4, -0.2) is 38.6 Å². The molecular weight excluding hydrogens is 230 g/mol. The summed E-state index contributed by atoms with van der Waals surface area (Å²) in [6.45, 7) is 2.94. The number of nitrogens with zero attached hydrogens (tertiary/aromatic N) is 6. The average molecular weight is 247 g/mol. The van der Waals surface area contributed by atoms with Gasteiger partial charge in [-0.3, -0.25) is 0 Å². The Bertz CT molecular complexity index is 532. The van der Waals surface area contributed by atoms with Crippen LogP contribution in [-0.2, 0) is 13.0 Å². The minimum Gasteiger partial charge on any atom is -0.368 e. The van der Waals surface area contributed by atoms with Gasteiger partial charge in [0.05, 0.1) is 6.42 Å². The van der Waals surface area contributed by atoms with Gasteiger partial charge in [0.1, 0.15) is 11.6 Å². The molecule has 7 nitrogen and oxygen atoms in total. The van der Waals surface area contributed by atoms with E-state index >= 15 is 0 Å². The van der Waals surface area contributed by atoms with Crippen molar-refractivity contribution in [3.8, 4) is 0 Å². The van der Waals surface area contributed by atoms with Gasteiger partial charge in [0.15, 0.2) is 0 Å². The number of imidazole rings is 1. The van der Waals surface area contributed by atoms with Gasteiger partial charge in [0.2, 0.25) is 11.9 Å². The second kappa shape index (κ2) is 4.99. The molecule has 18 heavy (non-hydrogen) atoms. The summed E-state index contributed by atoms with van der Waals surface area (Å²) in [6, 6.07) is 0. The minimum atomic E-state index is 0.235. The average Bonchev–Trinajstić information content (AvgIpc) is 2.75. The van der Waals surface area contributed by atoms with Gasteiger partial charge in [-0.2, -0.15) is 15.0 Å². The predicted molar refractivity (Wildman–Crippen MR) is 69.3 cm³/mol. The van der Waals surface area contributed by atoms with Crippen LogP contribution in [0.1, 0.15) is 18.6 Å². The Morgan fingerprint density at radius 2 is 2.06 bits per heavy atom. The Morgan fingerprint density at radius 3 is 2.72 bits per heavy atom. The van der Waals surface area contributed by atoms with E-state index in [4.69, 9.17) is 5.73 Å². The second-order valence-electron chi connectivity index (χ2n) is 4.11. The lowest BCUT2D eigenvalue weighted by Gasteiger charge is -2.11. The first-order valence-corrected chi connectivity index (χ1v) is 5.78. The molecule has 0 aliphatic heterocycles. The summed E-state index contributed by atoms with van der Waals surface area (Å²) < 4.78 is 2.05. The zero-order valence-corrected chi connectivity index (χ0v) is 10.8. The maximum Gasteiger partial charge on any atom is 0.229 e. The summed E-state index contributed by atoms with van der Waals surface area (Å²) in [5.74, 6) is 2.35. The molecule has 0 aromatic carbocycles. The monoisotopic (exact) mass is 247 g/mol. The van der Waals surface area contributed by atoms with E-state index in [1.807, 2.05) is 20.3 Å². The molecule has 0 atom stereocenters. The molecule has 2 heterocycles. The number of hydrogen-bond donors (Lipinski definition) is 1. The molecule has 0 unspecified atom stereocenters. The maximum atomic E-state index is 5.68. The zero-order valence-electron chi connectivity index (χ0n) is 10.8. The molecule has 0 radical (unpaired) electrons. The summed E-state index contributed by atoms with van der Waals surface area (Å²) in [6.07, 6.45) is 4.26. The number of aromatic nitrogens is 5. The van der Waals surface area contributed by atoms with Crippen LogP contribution in [0.3, 0.4) is 0 Å². The molecule has 2 aromatic rings. The third-order valence-corrected chi connectivity index (χ3v) is 2.55. The highest BCUT2D eigenvalue weighted by atomic mass is 15.3. The van der Waals surface area contributed by atoms with Gasteiger partial charge in [-0.15, -0.1) is 0 Å². The summed E-state index contributed by atoms with van der Waals surface area (Å²) in [5, 5.41) is 0. The van der Waals surface area contributed by atoms with Gasteiger partial charge in [-0.25, -0.2) is 4.98 Å². The van der Waals surface area contributed by atoms with E-state index in [0.29, 0.717) is 18.2 Å². The Labute approximate surface area is 106 Å². The largest absolute Gasteiger partial charge is 0.368 e. The van der Waals surface area contributed by atoms with Crippen LogP contribution < -0.4 is 10.6 Å². The van der Waals surface area contributed by atoms with Gasteiger partial charge in [0, 0.05) is 33.0 Å². The number of nitrogen functional groups attached to an aromatic ring is 1. The molecule has 0 amide bonds. The highest BCUT2D eigenvalue weighted by molar-refractivity contribution is 5.33. The molecule has 0 aliphatic carbocycles. The Balaban J connectivity index is 2.29. The van der Waals surface area contributed by atoms with Crippen molar-refractivity contribution in [3.63, 3.8) is 0 Å². The van der Waals surface area contributed by atoms with Gasteiger partial charge in [-0.1, -0.05) is 0 Å². The first kappa shape index (κ1) is 12.3. The first-order chi connectivity index (χ1) is 8.60. The van der Waals surface area contributed by atoms with Crippen molar-refractivity contribution < 1.29 is 0 Å². The number of aryl methyl sites for hydroxylation is 1. The fraction of sp³-hybridized carbons (Fsp3) is 0.455. The Kier molecular flexibility index (Phi) is 3.40. The number of rotatable bonds is 4. The van der Waals surface area contributed by atoms with Gasteiger partial charge in [-0.05, 0) is 6.92 Å². The standard InChI is InChI=1S/C11H17N7/c1-4-18-6-5-13-9(18)7-8-14-10(12)16-11(15-8)17(2)3/h5-6H,4,7H2,1-3H3,(H2,12,14,15,16). The molecule has 0 saturated heterocycles. The van der Waals surface area contributed by atoms with Crippen LogP contribution in [0.15, 0.2) is 12.4 Å².